The van der Waals surface area contributed by atoms with Gasteiger partial charge in [-0.15, -0.1) is 10.2 Å². The molecule has 1 aliphatic rings. The first kappa shape index (κ1) is 20.7. The number of rotatable bonds is 4. The van der Waals surface area contributed by atoms with Gasteiger partial charge in [-0.05, 0) is 43.2 Å². The summed E-state index contributed by atoms with van der Waals surface area (Å²) in [5.74, 6) is 1.66. The van der Waals surface area contributed by atoms with Crippen molar-refractivity contribution in [2.75, 3.05) is 0 Å². The Labute approximate surface area is 209 Å². The van der Waals surface area contributed by atoms with Crippen molar-refractivity contribution in [3.63, 3.8) is 0 Å². The molecular formula is C32H24N4. The third kappa shape index (κ3) is 3.23. The van der Waals surface area contributed by atoms with Crippen molar-refractivity contribution in [2.24, 2.45) is 0 Å². The Morgan fingerprint density at radius 3 is 2.17 bits per heavy atom. The van der Waals surface area contributed by atoms with Crippen LogP contribution in [-0.2, 0) is 6.42 Å². The minimum Gasteiger partial charge on any atom is -0.312 e. The summed E-state index contributed by atoms with van der Waals surface area (Å²) in [6, 6.07) is 37.9. The molecule has 4 aromatic carbocycles. The quantitative estimate of drug-likeness (QED) is 0.271. The molecule has 1 aliphatic carbocycles. The van der Waals surface area contributed by atoms with E-state index in [0.29, 0.717) is 0 Å². The number of nitrogens with zero attached hydrogens (tertiary/aromatic N) is 4. The topological polar surface area (TPSA) is 35.6 Å². The number of benzene rings is 4. The molecule has 0 saturated heterocycles. The molecule has 4 nitrogen and oxygen atoms in total. The van der Waals surface area contributed by atoms with E-state index >= 15 is 0 Å². The lowest BCUT2D eigenvalue weighted by atomic mass is 10.0. The number of fused-ring (bicyclic) bond motifs is 3. The molecule has 0 spiro atoms. The maximum Gasteiger partial charge on any atom is 0.170 e. The minimum atomic E-state index is 0.827. The fourth-order valence-electron chi connectivity index (χ4n) is 5.36. The molecule has 0 unspecified atom stereocenters. The van der Waals surface area contributed by atoms with E-state index in [0.717, 1.165) is 47.0 Å². The van der Waals surface area contributed by atoms with Crippen LogP contribution in [0.15, 0.2) is 115 Å². The van der Waals surface area contributed by atoms with Crippen LogP contribution in [0.25, 0.3) is 51.1 Å². The summed E-state index contributed by atoms with van der Waals surface area (Å²) in [5.41, 5.74) is 8.13. The summed E-state index contributed by atoms with van der Waals surface area (Å²) in [4.78, 5) is 0. The second-order valence-corrected chi connectivity index (χ2v) is 9.06. The molecule has 0 amide bonds. The maximum atomic E-state index is 4.79. The van der Waals surface area contributed by atoms with Crippen molar-refractivity contribution in [3.8, 4) is 34.2 Å². The first-order valence-corrected chi connectivity index (χ1v) is 12.3. The molecule has 4 heteroatoms. The predicted molar refractivity (Wildman–Crippen MR) is 146 cm³/mol. The first-order chi connectivity index (χ1) is 17.9. The third-order valence-electron chi connectivity index (χ3n) is 6.94. The standard InChI is InChI=1S/C32H24N4/c1-3-13-23(14-4-1)31-33-34-32(35(31)24-15-5-2-6-16-24)27-19-9-12-22-30(27)36-28-20-10-7-17-25(28)26-18-8-11-21-29(26)36/h1-10,12-20,22H,11,21H2. The van der Waals surface area contributed by atoms with Gasteiger partial charge in [0.05, 0.1) is 11.2 Å². The highest BCUT2D eigenvalue weighted by Crippen LogP contribution is 2.38. The van der Waals surface area contributed by atoms with Gasteiger partial charge in [-0.3, -0.25) is 4.57 Å². The zero-order chi connectivity index (χ0) is 23.9. The van der Waals surface area contributed by atoms with Gasteiger partial charge < -0.3 is 4.57 Å². The van der Waals surface area contributed by atoms with E-state index < -0.39 is 0 Å². The molecule has 172 valence electrons. The summed E-state index contributed by atoms with van der Waals surface area (Å²) in [6.45, 7) is 0. The number of aromatic nitrogens is 4. The van der Waals surface area contributed by atoms with Gasteiger partial charge in [-0.1, -0.05) is 91.0 Å². The molecule has 36 heavy (non-hydrogen) atoms. The van der Waals surface area contributed by atoms with Gasteiger partial charge >= 0.3 is 0 Å². The maximum absolute atomic E-state index is 4.79. The molecule has 7 rings (SSSR count). The SMILES string of the molecule is C1=Cc2c(n(-c3ccccc3-c3nnc(-c4ccccc4)n3-c3ccccc3)c3ccccc23)CC1. The molecule has 0 radical (unpaired) electrons. The molecule has 0 N–H and O–H groups in total. The smallest absolute Gasteiger partial charge is 0.170 e. The first-order valence-electron chi connectivity index (χ1n) is 12.3. The van der Waals surface area contributed by atoms with Crippen LogP contribution in [-0.4, -0.2) is 19.3 Å². The zero-order valence-corrected chi connectivity index (χ0v) is 19.8. The fraction of sp³-hybridized carbons (Fsp3) is 0.0625. The van der Waals surface area contributed by atoms with Crippen molar-refractivity contribution in [3.05, 3.63) is 127 Å². The van der Waals surface area contributed by atoms with E-state index in [1.54, 1.807) is 0 Å². The Morgan fingerprint density at radius 1 is 0.611 bits per heavy atom. The summed E-state index contributed by atoms with van der Waals surface area (Å²) in [7, 11) is 0. The molecule has 0 fully saturated rings. The Hall–Kier alpha value is -4.70. The van der Waals surface area contributed by atoms with Crippen molar-refractivity contribution < 1.29 is 0 Å². The average molecular weight is 465 g/mol. The molecule has 2 aromatic heterocycles. The van der Waals surface area contributed by atoms with Gasteiger partial charge in [0.15, 0.2) is 11.6 Å². The monoisotopic (exact) mass is 464 g/mol. The van der Waals surface area contributed by atoms with Crippen molar-refractivity contribution in [2.45, 2.75) is 12.8 Å². The summed E-state index contributed by atoms with van der Waals surface area (Å²) < 4.78 is 4.60. The highest BCUT2D eigenvalue weighted by atomic mass is 15.3. The molecule has 2 heterocycles. The van der Waals surface area contributed by atoms with E-state index in [2.05, 4.69) is 106 Å². The van der Waals surface area contributed by atoms with E-state index in [4.69, 9.17) is 10.2 Å². The summed E-state index contributed by atoms with van der Waals surface area (Å²) >= 11 is 0. The number of allylic oxidation sites excluding steroid dienone is 1. The van der Waals surface area contributed by atoms with Crippen LogP contribution >= 0.6 is 0 Å². The summed E-state index contributed by atoms with van der Waals surface area (Å²) in [6.07, 6.45) is 6.61. The van der Waals surface area contributed by atoms with Gasteiger partial charge in [0.2, 0.25) is 0 Å². The Kier molecular flexibility index (Phi) is 4.88. The zero-order valence-electron chi connectivity index (χ0n) is 19.8. The van der Waals surface area contributed by atoms with Gasteiger partial charge in [-0.25, -0.2) is 0 Å². The molecule has 0 aliphatic heterocycles. The van der Waals surface area contributed by atoms with Crippen LogP contribution < -0.4 is 0 Å². The predicted octanol–water partition coefficient (Wildman–Crippen LogP) is 7.50. The number of hydrogen-bond acceptors (Lipinski definition) is 2. The molecule has 0 saturated carbocycles. The van der Waals surface area contributed by atoms with E-state index in [1.165, 1.54) is 22.2 Å². The average Bonchev–Trinajstić information content (AvgIpc) is 3.54. The van der Waals surface area contributed by atoms with E-state index in [1.807, 2.05) is 24.3 Å². The van der Waals surface area contributed by atoms with Gasteiger partial charge in [0, 0.05) is 33.5 Å². The highest BCUT2D eigenvalue weighted by Gasteiger charge is 2.23. The minimum absolute atomic E-state index is 0.827. The third-order valence-corrected chi connectivity index (χ3v) is 6.94. The van der Waals surface area contributed by atoms with Crippen LogP contribution in [0.3, 0.4) is 0 Å². The summed E-state index contributed by atoms with van der Waals surface area (Å²) in [5, 5.41) is 10.8. The molecular weight excluding hydrogens is 440 g/mol. The Balaban J connectivity index is 1.52. The second-order valence-electron chi connectivity index (χ2n) is 9.06. The van der Waals surface area contributed by atoms with E-state index in [9.17, 15) is 0 Å². The number of hydrogen-bond donors (Lipinski definition) is 0. The fourth-order valence-corrected chi connectivity index (χ4v) is 5.36. The van der Waals surface area contributed by atoms with Gasteiger partial charge in [0.1, 0.15) is 0 Å². The van der Waals surface area contributed by atoms with E-state index in [-0.39, 0.29) is 0 Å². The molecule has 0 atom stereocenters. The second kappa shape index (κ2) is 8.51. The van der Waals surface area contributed by atoms with Gasteiger partial charge in [-0.2, -0.15) is 0 Å². The largest absolute Gasteiger partial charge is 0.312 e. The van der Waals surface area contributed by atoms with Crippen molar-refractivity contribution in [1.82, 2.24) is 19.3 Å². The molecule has 6 aromatic rings. The lowest BCUT2D eigenvalue weighted by Gasteiger charge is -2.18. The lowest BCUT2D eigenvalue weighted by molar-refractivity contribution is 0.887. The van der Waals surface area contributed by atoms with Crippen LogP contribution in [0.1, 0.15) is 17.7 Å². The normalized spacial score (nSPS) is 12.7. The van der Waals surface area contributed by atoms with Crippen LogP contribution in [0.4, 0.5) is 0 Å². The molecule has 0 bridgehead atoms. The van der Waals surface area contributed by atoms with Crippen LogP contribution in [0, 0.1) is 0 Å². The van der Waals surface area contributed by atoms with Crippen molar-refractivity contribution >= 4 is 17.0 Å². The van der Waals surface area contributed by atoms with Gasteiger partial charge in [0.25, 0.3) is 0 Å². The lowest BCUT2D eigenvalue weighted by Crippen LogP contribution is -2.07. The van der Waals surface area contributed by atoms with Crippen LogP contribution in [0.5, 0.6) is 0 Å². The number of para-hydroxylation sites is 3. The van der Waals surface area contributed by atoms with Crippen LogP contribution in [0.2, 0.25) is 0 Å². The Morgan fingerprint density at radius 2 is 1.31 bits per heavy atom. The Bertz CT molecular complexity index is 1720. The highest BCUT2D eigenvalue weighted by molar-refractivity contribution is 5.94. The van der Waals surface area contributed by atoms with Crippen molar-refractivity contribution in [1.29, 1.82) is 0 Å².